The third-order valence-electron chi connectivity index (χ3n) is 5.70. The molecular weight excluding hydrogens is 402 g/mol. The first-order valence-electron chi connectivity index (χ1n) is 10.6. The van der Waals surface area contributed by atoms with Crippen LogP contribution in [-0.4, -0.2) is 46.2 Å². The van der Waals surface area contributed by atoms with E-state index in [9.17, 15) is 13.6 Å². The minimum absolute atomic E-state index is 0.109. The molecule has 1 aliphatic carbocycles. The molecule has 4 rings (SSSR count). The van der Waals surface area contributed by atoms with Gasteiger partial charge >= 0.3 is 6.03 Å². The number of nitrogens with zero attached hydrogens (tertiary/aromatic N) is 3. The summed E-state index contributed by atoms with van der Waals surface area (Å²) < 4.78 is 32.6. The van der Waals surface area contributed by atoms with Crippen molar-refractivity contribution in [1.82, 2.24) is 15.1 Å². The third-order valence-corrected chi connectivity index (χ3v) is 5.70. The van der Waals surface area contributed by atoms with Gasteiger partial charge in [-0.3, -0.25) is 5.32 Å². The maximum absolute atomic E-state index is 13.3. The average Bonchev–Trinajstić information content (AvgIpc) is 2.77. The Balaban J connectivity index is 1.30. The highest BCUT2D eigenvalue weighted by Crippen LogP contribution is 2.35. The number of alkyl halides is 2. The van der Waals surface area contributed by atoms with Crippen LogP contribution in [0.15, 0.2) is 48.2 Å². The Morgan fingerprint density at radius 2 is 1.94 bits per heavy atom. The molecule has 1 saturated heterocycles. The van der Waals surface area contributed by atoms with E-state index in [1.807, 2.05) is 24.3 Å². The topological polar surface area (TPSA) is 67.4 Å². The fourth-order valence-electron chi connectivity index (χ4n) is 3.94. The quantitative estimate of drug-likeness (QED) is 0.732. The van der Waals surface area contributed by atoms with Gasteiger partial charge < -0.3 is 9.64 Å². The van der Waals surface area contributed by atoms with Crippen molar-refractivity contribution in [1.29, 1.82) is 0 Å². The number of anilines is 1. The number of hydrogen-bond acceptors (Lipinski definition) is 4. The second kappa shape index (κ2) is 9.41. The molecule has 1 aromatic heterocycles. The summed E-state index contributed by atoms with van der Waals surface area (Å²) in [7, 11) is 0. The summed E-state index contributed by atoms with van der Waals surface area (Å²) in [6, 6.07) is 11.0. The van der Waals surface area contributed by atoms with Crippen LogP contribution in [0.1, 0.15) is 44.1 Å². The summed E-state index contributed by atoms with van der Waals surface area (Å²) in [6.07, 6.45) is 5.65. The number of urea groups is 1. The fraction of sp³-hybridized carbons (Fsp3) is 0.435. The minimum atomic E-state index is -2.55. The van der Waals surface area contributed by atoms with Crippen LogP contribution in [0.4, 0.5) is 19.4 Å². The Morgan fingerprint density at radius 1 is 1.16 bits per heavy atom. The predicted octanol–water partition coefficient (Wildman–Crippen LogP) is 5.14. The summed E-state index contributed by atoms with van der Waals surface area (Å²) in [5.74, 6) is -1.40. The van der Waals surface area contributed by atoms with Crippen molar-refractivity contribution in [2.75, 3.05) is 18.4 Å². The molecular formula is C23H26F2N4O2. The van der Waals surface area contributed by atoms with Gasteiger partial charge in [0.15, 0.2) is 5.82 Å². The van der Waals surface area contributed by atoms with Crippen LogP contribution in [0.2, 0.25) is 0 Å². The molecule has 2 fully saturated rings. The Kier molecular flexibility index (Phi) is 6.44. The number of rotatable bonds is 4. The Labute approximate surface area is 180 Å². The first-order valence-corrected chi connectivity index (χ1v) is 10.6. The van der Waals surface area contributed by atoms with E-state index in [1.165, 1.54) is 5.57 Å². The monoisotopic (exact) mass is 428 g/mol. The molecule has 1 saturated carbocycles. The van der Waals surface area contributed by atoms with Crippen LogP contribution in [0.25, 0.3) is 6.08 Å². The van der Waals surface area contributed by atoms with Crippen LogP contribution in [-0.2, 0) is 0 Å². The fourth-order valence-corrected chi connectivity index (χ4v) is 3.94. The smallest absolute Gasteiger partial charge is 0.323 e. The normalized spacial score (nSPS) is 19.0. The molecule has 164 valence electrons. The van der Waals surface area contributed by atoms with Gasteiger partial charge in [0.2, 0.25) is 5.92 Å². The number of amides is 2. The van der Waals surface area contributed by atoms with Gasteiger partial charge in [-0.1, -0.05) is 23.8 Å². The summed E-state index contributed by atoms with van der Waals surface area (Å²) in [5.41, 5.74) is 2.28. The van der Waals surface area contributed by atoms with Gasteiger partial charge in [-0.25, -0.2) is 13.6 Å². The number of halogens is 2. The van der Waals surface area contributed by atoms with E-state index in [2.05, 4.69) is 21.6 Å². The van der Waals surface area contributed by atoms with E-state index >= 15 is 0 Å². The largest absolute Gasteiger partial charge is 0.490 e. The lowest BCUT2D eigenvalue weighted by Crippen LogP contribution is -2.39. The lowest BCUT2D eigenvalue weighted by Gasteiger charge is -2.29. The highest BCUT2D eigenvalue weighted by Gasteiger charge is 2.35. The van der Waals surface area contributed by atoms with Gasteiger partial charge in [-0.05, 0) is 55.5 Å². The van der Waals surface area contributed by atoms with Crippen molar-refractivity contribution in [3.05, 3.63) is 53.7 Å². The van der Waals surface area contributed by atoms with Gasteiger partial charge in [0, 0.05) is 32.1 Å². The van der Waals surface area contributed by atoms with Gasteiger partial charge in [0.25, 0.3) is 0 Å². The molecule has 2 heterocycles. The summed E-state index contributed by atoms with van der Waals surface area (Å²) >= 11 is 0. The molecule has 0 radical (unpaired) electrons. The van der Waals surface area contributed by atoms with Crippen LogP contribution >= 0.6 is 0 Å². The number of carbonyl (C=O) groups is 1. The van der Waals surface area contributed by atoms with E-state index in [1.54, 1.807) is 23.2 Å². The lowest BCUT2D eigenvalue weighted by molar-refractivity contribution is -0.0582. The molecule has 8 heteroatoms. The summed E-state index contributed by atoms with van der Waals surface area (Å²) in [5, 5.41) is 10.4. The summed E-state index contributed by atoms with van der Waals surface area (Å²) in [4.78, 5) is 14.1. The van der Waals surface area contributed by atoms with Gasteiger partial charge in [-0.2, -0.15) is 5.10 Å². The number of hydrogen-bond donors (Lipinski definition) is 1. The molecule has 0 spiro atoms. The van der Waals surface area contributed by atoms with Crippen molar-refractivity contribution in [2.24, 2.45) is 0 Å². The molecule has 31 heavy (non-hydrogen) atoms. The molecule has 1 N–H and O–H groups in total. The number of ether oxygens (including phenoxy) is 1. The number of benzene rings is 1. The lowest BCUT2D eigenvalue weighted by atomic mass is 9.94. The number of carbonyl (C=O) groups excluding carboxylic acids is 1. The molecule has 2 aliphatic rings. The van der Waals surface area contributed by atoms with E-state index in [0.717, 1.165) is 18.4 Å². The zero-order valence-corrected chi connectivity index (χ0v) is 17.3. The van der Waals surface area contributed by atoms with Crippen molar-refractivity contribution in [3.63, 3.8) is 0 Å². The number of aromatic nitrogens is 2. The molecule has 0 atom stereocenters. The SMILES string of the molecule is O=C(Nc1cccnn1)N1CCC(=Cc2cccc(OC3CCC(F)(F)CC3)c2)CC1. The van der Waals surface area contributed by atoms with Crippen LogP contribution in [0, 0.1) is 0 Å². The van der Waals surface area contributed by atoms with Gasteiger partial charge in [0.1, 0.15) is 5.75 Å². The zero-order valence-electron chi connectivity index (χ0n) is 17.3. The Morgan fingerprint density at radius 3 is 2.65 bits per heavy atom. The molecule has 1 aliphatic heterocycles. The molecule has 0 bridgehead atoms. The van der Waals surface area contributed by atoms with Gasteiger partial charge in [-0.15, -0.1) is 5.10 Å². The molecule has 1 aromatic carbocycles. The van der Waals surface area contributed by atoms with Crippen molar-refractivity contribution in [2.45, 2.75) is 50.6 Å². The van der Waals surface area contributed by atoms with Gasteiger partial charge in [0.05, 0.1) is 6.10 Å². The van der Waals surface area contributed by atoms with Crippen LogP contribution in [0.5, 0.6) is 5.75 Å². The molecule has 2 amide bonds. The number of piperidine rings is 1. The van der Waals surface area contributed by atoms with Crippen LogP contribution < -0.4 is 10.1 Å². The van der Waals surface area contributed by atoms with E-state index in [-0.39, 0.29) is 25.0 Å². The maximum atomic E-state index is 13.3. The highest BCUT2D eigenvalue weighted by molar-refractivity contribution is 5.88. The summed E-state index contributed by atoms with van der Waals surface area (Å²) in [6.45, 7) is 1.26. The Hall–Kier alpha value is -3.03. The second-order valence-electron chi connectivity index (χ2n) is 8.07. The van der Waals surface area contributed by atoms with Crippen LogP contribution in [0.3, 0.4) is 0 Å². The molecule has 0 unspecified atom stereocenters. The van der Waals surface area contributed by atoms with Crippen molar-refractivity contribution < 1.29 is 18.3 Å². The Bertz CT molecular complexity index is 916. The standard InChI is InChI=1S/C23H26F2N4O2/c24-23(25)10-6-19(7-11-23)31-20-4-1-3-18(16-20)15-17-8-13-29(14-9-17)22(30)27-21-5-2-12-26-28-21/h1-5,12,15-16,19H,6-11,13-14H2,(H,27,28,30). The van der Waals surface area contributed by atoms with Crippen molar-refractivity contribution >= 4 is 17.9 Å². The molecule has 6 nitrogen and oxygen atoms in total. The van der Waals surface area contributed by atoms with E-state index in [0.29, 0.717) is 37.5 Å². The maximum Gasteiger partial charge on any atom is 0.323 e. The zero-order chi connectivity index (χ0) is 21.7. The average molecular weight is 428 g/mol. The van der Waals surface area contributed by atoms with E-state index in [4.69, 9.17) is 4.74 Å². The van der Waals surface area contributed by atoms with Crippen molar-refractivity contribution in [3.8, 4) is 5.75 Å². The molecule has 2 aromatic rings. The third kappa shape index (κ3) is 5.99. The minimum Gasteiger partial charge on any atom is -0.490 e. The highest BCUT2D eigenvalue weighted by atomic mass is 19.3. The first-order chi connectivity index (χ1) is 15.0. The number of nitrogens with one attached hydrogen (secondary N) is 1. The van der Waals surface area contributed by atoms with E-state index < -0.39 is 5.92 Å². The number of likely N-dealkylation sites (tertiary alicyclic amines) is 1. The second-order valence-corrected chi connectivity index (χ2v) is 8.07. The predicted molar refractivity (Wildman–Crippen MR) is 114 cm³/mol. The first kappa shape index (κ1) is 21.2.